The lowest BCUT2D eigenvalue weighted by atomic mass is 9.85. The summed E-state index contributed by atoms with van der Waals surface area (Å²) in [7, 11) is 0. The zero-order valence-electron chi connectivity index (χ0n) is 10.5. The Hall–Kier alpha value is -0.120. The number of nitrogens with two attached hydrogens (primary N) is 1. The fourth-order valence-corrected chi connectivity index (χ4v) is 3.56. The molecule has 94 valence electrons. The molecule has 0 bridgehead atoms. The SMILES string of the molecule is CC1CCN(CC2(CN)CCCC2)C1CO. The van der Waals surface area contributed by atoms with Gasteiger partial charge in [-0.1, -0.05) is 19.8 Å². The minimum atomic E-state index is 0.307. The number of nitrogens with zero attached hydrogens (tertiary/aromatic N) is 1. The average molecular weight is 226 g/mol. The van der Waals surface area contributed by atoms with Crippen molar-refractivity contribution in [1.29, 1.82) is 0 Å². The van der Waals surface area contributed by atoms with Crippen molar-refractivity contribution in [2.24, 2.45) is 17.1 Å². The molecule has 16 heavy (non-hydrogen) atoms. The van der Waals surface area contributed by atoms with Gasteiger partial charge in [0.25, 0.3) is 0 Å². The normalized spacial score (nSPS) is 34.7. The van der Waals surface area contributed by atoms with Crippen LogP contribution in [0, 0.1) is 11.3 Å². The fraction of sp³-hybridized carbons (Fsp3) is 1.00. The number of aliphatic hydroxyl groups excluding tert-OH is 1. The van der Waals surface area contributed by atoms with E-state index in [2.05, 4.69) is 11.8 Å². The number of hydrogen-bond acceptors (Lipinski definition) is 3. The van der Waals surface area contributed by atoms with Gasteiger partial charge in [-0.25, -0.2) is 0 Å². The molecule has 1 aliphatic heterocycles. The van der Waals surface area contributed by atoms with Crippen molar-refractivity contribution in [3.8, 4) is 0 Å². The van der Waals surface area contributed by atoms with Gasteiger partial charge in [0, 0.05) is 12.6 Å². The summed E-state index contributed by atoms with van der Waals surface area (Å²) in [5.41, 5.74) is 6.34. The van der Waals surface area contributed by atoms with E-state index < -0.39 is 0 Å². The van der Waals surface area contributed by atoms with Crippen molar-refractivity contribution in [2.75, 3.05) is 26.2 Å². The Morgan fingerprint density at radius 2 is 2.06 bits per heavy atom. The van der Waals surface area contributed by atoms with Gasteiger partial charge in [-0.2, -0.15) is 0 Å². The third kappa shape index (κ3) is 2.27. The van der Waals surface area contributed by atoms with Gasteiger partial charge in [0.15, 0.2) is 0 Å². The topological polar surface area (TPSA) is 49.5 Å². The predicted molar refractivity (Wildman–Crippen MR) is 66.2 cm³/mol. The molecule has 0 spiro atoms. The van der Waals surface area contributed by atoms with E-state index in [9.17, 15) is 5.11 Å². The first-order chi connectivity index (χ1) is 7.71. The Morgan fingerprint density at radius 3 is 2.62 bits per heavy atom. The number of likely N-dealkylation sites (tertiary alicyclic amines) is 1. The molecule has 1 aliphatic carbocycles. The van der Waals surface area contributed by atoms with E-state index in [1.54, 1.807) is 0 Å². The van der Waals surface area contributed by atoms with Crippen LogP contribution in [0.15, 0.2) is 0 Å². The lowest BCUT2D eigenvalue weighted by Gasteiger charge is -2.35. The first kappa shape index (κ1) is 12.3. The summed E-state index contributed by atoms with van der Waals surface area (Å²) in [6, 6.07) is 0.379. The maximum absolute atomic E-state index is 9.46. The highest BCUT2D eigenvalue weighted by atomic mass is 16.3. The summed E-state index contributed by atoms with van der Waals surface area (Å²) in [4.78, 5) is 2.49. The van der Waals surface area contributed by atoms with Crippen molar-refractivity contribution in [3.05, 3.63) is 0 Å². The molecule has 2 fully saturated rings. The quantitative estimate of drug-likeness (QED) is 0.757. The molecule has 0 amide bonds. The van der Waals surface area contributed by atoms with Crippen molar-refractivity contribution in [2.45, 2.75) is 45.1 Å². The zero-order chi connectivity index (χ0) is 11.6. The predicted octanol–water partition coefficient (Wildman–Crippen LogP) is 1.21. The van der Waals surface area contributed by atoms with Crippen molar-refractivity contribution >= 4 is 0 Å². The van der Waals surface area contributed by atoms with Crippen LogP contribution >= 0.6 is 0 Å². The highest BCUT2D eigenvalue weighted by Crippen LogP contribution is 2.39. The molecule has 2 rings (SSSR count). The molecular weight excluding hydrogens is 200 g/mol. The van der Waals surface area contributed by atoms with Crippen molar-refractivity contribution in [1.82, 2.24) is 4.90 Å². The standard InChI is InChI=1S/C13H26N2O/c1-11-4-7-15(12(11)8-16)10-13(9-14)5-2-3-6-13/h11-12,16H,2-10,14H2,1H3. The van der Waals surface area contributed by atoms with E-state index in [-0.39, 0.29) is 0 Å². The molecule has 3 nitrogen and oxygen atoms in total. The molecule has 0 aromatic heterocycles. The van der Waals surface area contributed by atoms with E-state index in [4.69, 9.17) is 5.73 Å². The molecule has 2 atom stereocenters. The van der Waals surface area contributed by atoms with Crippen molar-refractivity contribution < 1.29 is 5.11 Å². The fourth-order valence-electron chi connectivity index (χ4n) is 3.56. The van der Waals surface area contributed by atoms with E-state index >= 15 is 0 Å². The van der Waals surface area contributed by atoms with Crippen LogP contribution in [0.25, 0.3) is 0 Å². The highest BCUT2D eigenvalue weighted by Gasteiger charge is 2.39. The third-order valence-electron chi connectivity index (χ3n) is 4.82. The molecule has 3 heteroatoms. The van der Waals surface area contributed by atoms with Gasteiger partial charge in [0.05, 0.1) is 6.61 Å². The molecule has 0 radical (unpaired) electrons. The van der Waals surface area contributed by atoms with Crippen LogP contribution in [-0.2, 0) is 0 Å². The Balaban J connectivity index is 1.97. The average Bonchev–Trinajstić information content (AvgIpc) is 2.88. The maximum Gasteiger partial charge on any atom is 0.0589 e. The van der Waals surface area contributed by atoms with Gasteiger partial charge in [0.2, 0.25) is 0 Å². The summed E-state index contributed by atoms with van der Waals surface area (Å²) < 4.78 is 0. The smallest absolute Gasteiger partial charge is 0.0589 e. The maximum atomic E-state index is 9.46. The van der Waals surface area contributed by atoms with Crippen LogP contribution in [-0.4, -0.2) is 42.3 Å². The van der Waals surface area contributed by atoms with Crippen molar-refractivity contribution in [3.63, 3.8) is 0 Å². The van der Waals surface area contributed by atoms with Gasteiger partial charge >= 0.3 is 0 Å². The molecule has 2 unspecified atom stereocenters. The lowest BCUT2D eigenvalue weighted by Crippen LogP contribution is -2.45. The number of hydrogen-bond donors (Lipinski definition) is 2. The second kappa shape index (κ2) is 5.03. The van der Waals surface area contributed by atoms with Crippen LogP contribution < -0.4 is 5.73 Å². The van der Waals surface area contributed by atoms with E-state index in [1.165, 1.54) is 32.1 Å². The van der Waals surface area contributed by atoms with Crippen LogP contribution in [0.3, 0.4) is 0 Å². The molecular formula is C13H26N2O. The van der Waals surface area contributed by atoms with Crippen LogP contribution in [0.2, 0.25) is 0 Å². The molecule has 0 aromatic rings. The molecule has 1 saturated heterocycles. The Bertz CT molecular complexity index is 226. The van der Waals surface area contributed by atoms with Gasteiger partial charge in [0.1, 0.15) is 0 Å². The largest absolute Gasteiger partial charge is 0.395 e. The van der Waals surface area contributed by atoms with Gasteiger partial charge in [-0.3, -0.25) is 4.90 Å². The molecule has 2 aliphatic rings. The molecule has 0 aromatic carbocycles. The number of rotatable bonds is 4. The third-order valence-corrected chi connectivity index (χ3v) is 4.82. The summed E-state index contributed by atoms with van der Waals surface area (Å²) in [5.74, 6) is 0.640. The second-order valence-electron chi connectivity index (χ2n) is 5.90. The van der Waals surface area contributed by atoms with Gasteiger partial charge in [-0.05, 0) is 43.7 Å². The molecule has 3 N–H and O–H groups in total. The van der Waals surface area contributed by atoms with Crippen LogP contribution in [0.4, 0.5) is 0 Å². The number of aliphatic hydroxyl groups is 1. The highest BCUT2D eigenvalue weighted by molar-refractivity contribution is 4.93. The Labute approximate surface area is 99.0 Å². The first-order valence-electron chi connectivity index (χ1n) is 6.76. The minimum Gasteiger partial charge on any atom is -0.395 e. The van der Waals surface area contributed by atoms with Crippen LogP contribution in [0.1, 0.15) is 39.0 Å². The Kier molecular flexibility index (Phi) is 3.88. The summed E-state index contributed by atoms with van der Waals surface area (Å²) >= 11 is 0. The molecule has 1 heterocycles. The van der Waals surface area contributed by atoms with Gasteiger partial charge in [-0.15, -0.1) is 0 Å². The van der Waals surface area contributed by atoms with E-state index in [0.717, 1.165) is 19.6 Å². The van der Waals surface area contributed by atoms with E-state index in [0.29, 0.717) is 24.0 Å². The van der Waals surface area contributed by atoms with E-state index in [1.807, 2.05) is 0 Å². The summed E-state index contributed by atoms with van der Waals surface area (Å²) in [6.45, 7) is 5.63. The van der Waals surface area contributed by atoms with Crippen LogP contribution in [0.5, 0.6) is 0 Å². The lowest BCUT2D eigenvalue weighted by molar-refractivity contribution is 0.0941. The van der Waals surface area contributed by atoms with Gasteiger partial charge < -0.3 is 10.8 Å². The first-order valence-corrected chi connectivity index (χ1v) is 6.76. The zero-order valence-corrected chi connectivity index (χ0v) is 10.5. The molecule has 1 saturated carbocycles. The minimum absolute atomic E-state index is 0.307. The monoisotopic (exact) mass is 226 g/mol. The summed E-state index contributed by atoms with van der Waals surface area (Å²) in [6.07, 6.45) is 6.47. The second-order valence-corrected chi connectivity index (χ2v) is 5.90. The Morgan fingerprint density at radius 1 is 1.38 bits per heavy atom. The summed E-state index contributed by atoms with van der Waals surface area (Å²) in [5, 5.41) is 9.46.